The van der Waals surface area contributed by atoms with Crippen LogP contribution in [0.1, 0.15) is 51.6 Å². The Labute approximate surface area is 105 Å². The van der Waals surface area contributed by atoms with Crippen LogP contribution in [0.3, 0.4) is 0 Å². The molecule has 0 fully saturated rings. The summed E-state index contributed by atoms with van der Waals surface area (Å²) in [5.41, 5.74) is 1.38. The zero-order valence-corrected chi connectivity index (χ0v) is 11.4. The average Bonchev–Trinajstić information content (AvgIpc) is 2.80. The minimum Gasteiger partial charge on any atom is -0.361 e. The first-order valence-electron chi connectivity index (χ1n) is 6.78. The summed E-state index contributed by atoms with van der Waals surface area (Å²) in [6.45, 7) is 8.96. The quantitative estimate of drug-likeness (QED) is 0.714. The normalized spacial score (nSPS) is 12.9. The number of nitrogens with one attached hydrogen (secondary N) is 1. The molecule has 0 aliphatic carbocycles. The summed E-state index contributed by atoms with van der Waals surface area (Å²) in [5.74, 6) is 0. The van der Waals surface area contributed by atoms with Crippen LogP contribution in [0.15, 0.2) is 18.5 Å². The molecule has 0 aliphatic heterocycles. The molecule has 1 heterocycles. The van der Waals surface area contributed by atoms with E-state index in [1.165, 1.54) is 24.8 Å². The summed E-state index contributed by atoms with van der Waals surface area (Å²) < 4.78 is 7.50. The van der Waals surface area contributed by atoms with Crippen molar-refractivity contribution in [1.29, 1.82) is 0 Å². The Morgan fingerprint density at radius 2 is 2.12 bits per heavy atom. The molecular weight excluding hydrogens is 212 g/mol. The Hall–Kier alpha value is -0.800. The molecular formula is C14H26N2O. The van der Waals surface area contributed by atoms with Gasteiger partial charge in [0.15, 0.2) is 0 Å². The van der Waals surface area contributed by atoms with E-state index in [0.717, 1.165) is 13.2 Å². The smallest absolute Gasteiger partial charge is 0.122 e. The van der Waals surface area contributed by atoms with Gasteiger partial charge in [0.2, 0.25) is 0 Å². The van der Waals surface area contributed by atoms with Gasteiger partial charge in [-0.15, -0.1) is 0 Å². The average molecular weight is 238 g/mol. The van der Waals surface area contributed by atoms with Gasteiger partial charge >= 0.3 is 0 Å². The highest BCUT2D eigenvalue weighted by Crippen LogP contribution is 2.18. The lowest BCUT2D eigenvalue weighted by Gasteiger charge is -2.16. The molecule has 0 spiro atoms. The van der Waals surface area contributed by atoms with Crippen LogP contribution in [-0.2, 0) is 11.5 Å². The maximum atomic E-state index is 5.40. The van der Waals surface area contributed by atoms with Gasteiger partial charge in [0, 0.05) is 25.0 Å². The summed E-state index contributed by atoms with van der Waals surface area (Å²) in [4.78, 5) is 0. The Morgan fingerprint density at radius 1 is 1.29 bits per heavy atom. The largest absolute Gasteiger partial charge is 0.361 e. The molecule has 0 saturated heterocycles. The van der Waals surface area contributed by atoms with Crippen molar-refractivity contribution in [3.63, 3.8) is 0 Å². The SMILES string of the molecule is CCCNC(CCC)c1ccn(COCC)c1. The summed E-state index contributed by atoms with van der Waals surface area (Å²) in [6.07, 6.45) is 7.87. The van der Waals surface area contributed by atoms with Crippen molar-refractivity contribution in [2.45, 2.75) is 52.8 Å². The second kappa shape index (κ2) is 8.31. The third kappa shape index (κ3) is 4.92. The second-order valence-corrected chi connectivity index (χ2v) is 4.38. The Kier molecular flexibility index (Phi) is 6.97. The molecule has 1 atom stereocenters. The molecule has 1 N–H and O–H groups in total. The molecule has 0 bridgehead atoms. The molecule has 1 aromatic rings. The van der Waals surface area contributed by atoms with E-state index in [1.807, 2.05) is 6.92 Å². The lowest BCUT2D eigenvalue weighted by atomic mass is 10.1. The van der Waals surface area contributed by atoms with Crippen molar-refractivity contribution in [3.05, 3.63) is 24.0 Å². The Bertz CT molecular complexity index is 296. The predicted molar refractivity (Wildman–Crippen MR) is 72.0 cm³/mol. The molecule has 0 aliphatic rings. The zero-order valence-electron chi connectivity index (χ0n) is 11.4. The van der Waals surface area contributed by atoms with Crippen LogP contribution >= 0.6 is 0 Å². The molecule has 1 unspecified atom stereocenters. The maximum Gasteiger partial charge on any atom is 0.122 e. The van der Waals surface area contributed by atoms with Gasteiger partial charge in [0.05, 0.1) is 0 Å². The van der Waals surface area contributed by atoms with E-state index in [4.69, 9.17) is 4.74 Å². The maximum absolute atomic E-state index is 5.40. The van der Waals surface area contributed by atoms with Crippen LogP contribution in [-0.4, -0.2) is 17.7 Å². The van der Waals surface area contributed by atoms with Gasteiger partial charge in [-0.05, 0) is 37.9 Å². The number of nitrogens with zero attached hydrogens (tertiary/aromatic N) is 1. The minimum atomic E-state index is 0.489. The predicted octanol–water partition coefficient (Wildman–Crippen LogP) is 3.32. The minimum absolute atomic E-state index is 0.489. The zero-order chi connectivity index (χ0) is 12.5. The van der Waals surface area contributed by atoms with Gasteiger partial charge in [0.25, 0.3) is 0 Å². The first-order valence-corrected chi connectivity index (χ1v) is 6.78. The van der Waals surface area contributed by atoms with Crippen molar-refractivity contribution >= 4 is 0 Å². The molecule has 3 nitrogen and oxygen atoms in total. The Balaban J connectivity index is 2.56. The monoisotopic (exact) mass is 238 g/mol. The van der Waals surface area contributed by atoms with Crippen LogP contribution in [0.2, 0.25) is 0 Å². The van der Waals surface area contributed by atoms with E-state index in [9.17, 15) is 0 Å². The summed E-state index contributed by atoms with van der Waals surface area (Å²) >= 11 is 0. The lowest BCUT2D eigenvalue weighted by Crippen LogP contribution is -2.21. The highest BCUT2D eigenvalue weighted by Gasteiger charge is 2.10. The van der Waals surface area contributed by atoms with Crippen molar-refractivity contribution in [2.75, 3.05) is 13.2 Å². The second-order valence-electron chi connectivity index (χ2n) is 4.38. The summed E-state index contributed by atoms with van der Waals surface area (Å²) in [6, 6.07) is 2.69. The van der Waals surface area contributed by atoms with E-state index in [2.05, 4.69) is 42.2 Å². The third-order valence-corrected chi connectivity index (χ3v) is 2.84. The van der Waals surface area contributed by atoms with E-state index in [0.29, 0.717) is 12.8 Å². The standard InChI is InChI=1S/C14H26N2O/c1-4-7-14(15-9-5-2)13-8-10-16(11-13)12-17-6-3/h8,10-11,14-15H,4-7,9,12H2,1-3H3. The number of hydrogen-bond donors (Lipinski definition) is 1. The van der Waals surface area contributed by atoms with Crippen LogP contribution in [0.4, 0.5) is 0 Å². The summed E-state index contributed by atoms with van der Waals surface area (Å²) in [5, 5.41) is 3.60. The van der Waals surface area contributed by atoms with Crippen molar-refractivity contribution < 1.29 is 4.74 Å². The molecule has 0 saturated carbocycles. The lowest BCUT2D eigenvalue weighted by molar-refractivity contribution is 0.0880. The van der Waals surface area contributed by atoms with E-state index < -0.39 is 0 Å². The van der Waals surface area contributed by atoms with Crippen LogP contribution in [0, 0.1) is 0 Å². The Morgan fingerprint density at radius 3 is 2.76 bits per heavy atom. The van der Waals surface area contributed by atoms with Crippen molar-refractivity contribution in [3.8, 4) is 0 Å². The van der Waals surface area contributed by atoms with E-state index >= 15 is 0 Å². The molecule has 3 heteroatoms. The number of hydrogen-bond acceptors (Lipinski definition) is 2. The highest BCUT2D eigenvalue weighted by molar-refractivity contribution is 5.15. The molecule has 0 radical (unpaired) electrons. The van der Waals surface area contributed by atoms with Gasteiger partial charge in [-0.1, -0.05) is 20.3 Å². The molecule has 1 aromatic heterocycles. The van der Waals surface area contributed by atoms with Gasteiger partial charge in [-0.2, -0.15) is 0 Å². The van der Waals surface area contributed by atoms with Crippen molar-refractivity contribution in [1.82, 2.24) is 9.88 Å². The topological polar surface area (TPSA) is 26.2 Å². The van der Waals surface area contributed by atoms with Gasteiger partial charge in [-0.25, -0.2) is 0 Å². The van der Waals surface area contributed by atoms with Gasteiger partial charge in [0.1, 0.15) is 6.73 Å². The van der Waals surface area contributed by atoms with E-state index in [-0.39, 0.29) is 0 Å². The van der Waals surface area contributed by atoms with Crippen LogP contribution in [0.5, 0.6) is 0 Å². The molecule has 0 aromatic carbocycles. The fraction of sp³-hybridized carbons (Fsp3) is 0.714. The molecule has 17 heavy (non-hydrogen) atoms. The number of aromatic nitrogens is 1. The van der Waals surface area contributed by atoms with Crippen molar-refractivity contribution in [2.24, 2.45) is 0 Å². The number of ether oxygens (including phenoxy) is 1. The van der Waals surface area contributed by atoms with Crippen LogP contribution < -0.4 is 5.32 Å². The number of rotatable bonds is 9. The first-order chi connectivity index (χ1) is 8.31. The molecule has 1 rings (SSSR count). The molecule has 0 amide bonds. The van der Waals surface area contributed by atoms with Crippen LogP contribution in [0.25, 0.3) is 0 Å². The summed E-state index contributed by atoms with van der Waals surface area (Å²) in [7, 11) is 0. The molecule has 98 valence electrons. The fourth-order valence-electron chi connectivity index (χ4n) is 1.94. The third-order valence-electron chi connectivity index (χ3n) is 2.84. The van der Waals surface area contributed by atoms with Gasteiger partial charge in [-0.3, -0.25) is 0 Å². The van der Waals surface area contributed by atoms with Gasteiger partial charge < -0.3 is 14.6 Å². The van der Waals surface area contributed by atoms with E-state index in [1.54, 1.807) is 0 Å². The first kappa shape index (κ1) is 14.3. The fourth-order valence-corrected chi connectivity index (χ4v) is 1.94. The highest BCUT2D eigenvalue weighted by atomic mass is 16.5.